The average molecular weight is 320 g/mol. The molecule has 0 saturated carbocycles. The lowest BCUT2D eigenvalue weighted by Crippen LogP contribution is -2.31. The molecule has 3 heterocycles. The van der Waals surface area contributed by atoms with E-state index in [0.29, 0.717) is 12.5 Å². The molecular weight excluding hydrogens is 300 g/mol. The third kappa shape index (κ3) is 3.11. The number of fused-ring (bicyclic) bond motifs is 1. The fourth-order valence-corrected chi connectivity index (χ4v) is 3.06. The molecule has 24 heavy (non-hydrogen) atoms. The number of nitrogens with one attached hydrogen (secondary N) is 1. The molecule has 1 aromatic carbocycles. The summed E-state index contributed by atoms with van der Waals surface area (Å²) in [5.41, 5.74) is 3.78. The van der Waals surface area contributed by atoms with E-state index in [1.807, 2.05) is 25.1 Å². The Morgan fingerprint density at radius 3 is 2.83 bits per heavy atom. The maximum Gasteiger partial charge on any atom is 0.225 e. The van der Waals surface area contributed by atoms with Crippen molar-refractivity contribution in [2.75, 3.05) is 16.8 Å². The Balaban J connectivity index is 1.53. The van der Waals surface area contributed by atoms with Crippen LogP contribution in [0.2, 0.25) is 0 Å². The van der Waals surface area contributed by atoms with Crippen LogP contribution in [0.1, 0.15) is 22.6 Å². The Kier molecular flexibility index (Phi) is 3.91. The summed E-state index contributed by atoms with van der Waals surface area (Å²) < 4.78 is 5.34. The first-order valence-corrected chi connectivity index (χ1v) is 8.21. The largest absolute Gasteiger partial charge is 0.467 e. The van der Waals surface area contributed by atoms with Crippen LogP contribution in [0, 0.1) is 6.92 Å². The lowest BCUT2D eigenvalue weighted by atomic mass is 10.00. The van der Waals surface area contributed by atoms with Gasteiger partial charge < -0.3 is 14.6 Å². The third-order valence-corrected chi connectivity index (χ3v) is 4.30. The van der Waals surface area contributed by atoms with Crippen LogP contribution in [-0.4, -0.2) is 16.5 Å². The van der Waals surface area contributed by atoms with Crippen LogP contribution >= 0.6 is 0 Å². The molecule has 1 aliphatic rings. The van der Waals surface area contributed by atoms with E-state index in [1.165, 1.54) is 11.1 Å². The van der Waals surface area contributed by atoms with Crippen molar-refractivity contribution < 1.29 is 4.42 Å². The predicted molar refractivity (Wildman–Crippen MR) is 94.0 cm³/mol. The molecule has 0 atom stereocenters. The second kappa shape index (κ2) is 6.35. The summed E-state index contributed by atoms with van der Waals surface area (Å²) >= 11 is 0. The van der Waals surface area contributed by atoms with Gasteiger partial charge in [0.1, 0.15) is 11.6 Å². The fraction of sp³-hybridized carbons (Fsp3) is 0.263. The highest BCUT2D eigenvalue weighted by molar-refractivity contribution is 5.48. The van der Waals surface area contributed by atoms with Crippen molar-refractivity contribution in [3.8, 4) is 0 Å². The van der Waals surface area contributed by atoms with E-state index in [9.17, 15) is 0 Å². The number of hydrogen-bond acceptors (Lipinski definition) is 5. The van der Waals surface area contributed by atoms with Gasteiger partial charge in [0, 0.05) is 24.8 Å². The van der Waals surface area contributed by atoms with E-state index in [4.69, 9.17) is 9.40 Å². The first kappa shape index (κ1) is 14.8. The predicted octanol–water partition coefficient (Wildman–Crippen LogP) is 3.55. The zero-order valence-corrected chi connectivity index (χ0v) is 13.7. The molecule has 1 N–H and O–H groups in total. The number of nitrogens with zero attached hydrogens (tertiary/aromatic N) is 3. The van der Waals surface area contributed by atoms with Crippen molar-refractivity contribution >= 4 is 11.8 Å². The Labute approximate surface area is 141 Å². The Bertz CT molecular complexity index is 829. The molecule has 5 heteroatoms. The van der Waals surface area contributed by atoms with Gasteiger partial charge in [-0.3, -0.25) is 0 Å². The van der Waals surface area contributed by atoms with E-state index in [1.54, 1.807) is 6.26 Å². The van der Waals surface area contributed by atoms with Crippen LogP contribution in [0.5, 0.6) is 0 Å². The van der Waals surface area contributed by atoms with Crippen LogP contribution in [-0.2, 0) is 19.5 Å². The van der Waals surface area contributed by atoms with E-state index >= 15 is 0 Å². The molecule has 0 radical (unpaired) electrons. The molecule has 0 fully saturated rings. The van der Waals surface area contributed by atoms with E-state index in [2.05, 4.69) is 39.5 Å². The van der Waals surface area contributed by atoms with Crippen molar-refractivity contribution in [3.05, 3.63) is 71.3 Å². The average Bonchev–Trinajstić information content (AvgIpc) is 3.13. The molecule has 2 aromatic heterocycles. The van der Waals surface area contributed by atoms with Gasteiger partial charge in [-0.25, -0.2) is 4.98 Å². The van der Waals surface area contributed by atoms with Gasteiger partial charge in [0.05, 0.1) is 12.8 Å². The first-order chi connectivity index (χ1) is 11.8. The third-order valence-electron chi connectivity index (χ3n) is 4.30. The summed E-state index contributed by atoms with van der Waals surface area (Å²) in [5, 5.41) is 3.24. The first-order valence-electron chi connectivity index (χ1n) is 8.21. The summed E-state index contributed by atoms with van der Waals surface area (Å²) in [7, 11) is 0. The maximum atomic E-state index is 5.34. The van der Waals surface area contributed by atoms with Gasteiger partial charge >= 0.3 is 0 Å². The molecule has 5 nitrogen and oxygen atoms in total. The smallest absolute Gasteiger partial charge is 0.225 e. The Hall–Kier alpha value is -2.82. The highest BCUT2D eigenvalue weighted by Crippen LogP contribution is 2.24. The van der Waals surface area contributed by atoms with Gasteiger partial charge in [0.15, 0.2) is 0 Å². The Morgan fingerprint density at radius 2 is 2.00 bits per heavy atom. The number of rotatable bonds is 4. The molecule has 0 unspecified atom stereocenters. The summed E-state index contributed by atoms with van der Waals surface area (Å²) in [5.74, 6) is 2.48. The van der Waals surface area contributed by atoms with Crippen LogP contribution in [0.3, 0.4) is 0 Å². The maximum absolute atomic E-state index is 5.34. The molecule has 4 rings (SSSR count). The highest BCUT2D eigenvalue weighted by atomic mass is 16.3. The van der Waals surface area contributed by atoms with E-state index in [0.717, 1.165) is 36.8 Å². The van der Waals surface area contributed by atoms with Gasteiger partial charge in [-0.2, -0.15) is 4.98 Å². The lowest BCUT2D eigenvalue weighted by Gasteiger charge is -2.30. The van der Waals surface area contributed by atoms with Crippen LogP contribution in [0.25, 0.3) is 0 Å². The number of hydrogen-bond donors (Lipinski definition) is 1. The normalized spacial score (nSPS) is 13.6. The summed E-state index contributed by atoms with van der Waals surface area (Å²) in [6.45, 7) is 4.45. The molecule has 0 amide bonds. The van der Waals surface area contributed by atoms with Gasteiger partial charge in [0.2, 0.25) is 5.95 Å². The van der Waals surface area contributed by atoms with Gasteiger partial charge in [-0.15, -0.1) is 0 Å². The Morgan fingerprint density at radius 1 is 1.12 bits per heavy atom. The summed E-state index contributed by atoms with van der Waals surface area (Å²) in [6, 6.07) is 14.5. The zero-order chi connectivity index (χ0) is 16.4. The fourth-order valence-electron chi connectivity index (χ4n) is 3.06. The number of aromatic nitrogens is 2. The summed E-state index contributed by atoms with van der Waals surface area (Å²) in [4.78, 5) is 11.5. The minimum Gasteiger partial charge on any atom is -0.467 e. The number of benzene rings is 1. The van der Waals surface area contributed by atoms with Crippen molar-refractivity contribution in [2.24, 2.45) is 0 Å². The molecule has 0 saturated heterocycles. The topological polar surface area (TPSA) is 54.2 Å². The van der Waals surface area contributed by atoms with E-state index in [-0.39, 0.29) is 0 Å². The van der Waals surface area contributed by atoms with Crippen molar-refractivity contribution in [1.29, 1.82) is 0 Å². The molecule has 3 aromatic rings. The number of aryl methyl sites for hydroxylation is 1. The summed E-state index contributed by atoms with van der Waals surface area (Å²) in [6.07, 6.45) is 2.72. The molecule has 0 spiro atoms. The van der Waals surface area contributed by atoms with Gasteiger partial charge in [-0.1, -0.05) is 24.3 Å². The molecular formula is C19H20N4O. The van der Waals surface area contributed by atoms with Crippen molar-refractivity contribution in [3.63, 3.8) is 0 Å². The van der Waals surface area contributed by atoms with Crippen molar-refractivity contribution in [1.82, 2.24) is 9.97 Å². The minimum atomic E-state index is 0.582. The molecule has 0 aliphatic carbocycles. The second-order valence-electron chi connectivity index (χ2n) is 6.06. The monoisotopic (exact) mass is 320 g/mol. The van der Waals surface area contributed by atoms with E-state index < -0.39 is 0 Å². The van der Waals surface area contributed by atoms with Crippen LogP contribution in [0.15, 0.2) is 53.1 Å². The van der Waals surface area contributed by atoms with Gasteiger partial charge in [0.25, 0.3) is 0 Å². The zero-order valence-electron chi connectivity index (χ0n) is 13.7. The number of furan rings is 1. The SMILES string of the molecule is Cc1cc(N2CCc3ccccc3C2)nc(NCc2ccco2)n1. The molecule has 0 bridgehead atoms. The standard InChI is InChI=1S/C19H20N4O/c1-14-11-18(22-19(21-14)20-12-17-7-4-10-24-17)23-9-8-15-5-2-3-6-16(15)13-23/h2-7,10-11H,8-9,12-13H2,1H3,(H,20,21,22). The highest BCUT2D eigenvalue weighted by Gasteiger charge is 2.18. The second-order valence-corrected chi connectivity index (χ2v) is 6.06. The minimum absolute atomic E-state index is 0.582. The van der Waals surface area contributed by atoms with Crippen LogP contribution < -0.4 is 10.2 Å². The lowest BCUT2D eigenvalue weighted by molar-refractivity contribution is 0.517. The van der Waals surface area contributed by atoms with Crippen LogP contribution in [0.4, 0.5) is 11.8 Å². The molecule has 122 valence electrons. The van der Waals surface area contributed by atoms with Crippen molar-refractivity contribution in [2.45, 2.75) is 26.4 Å². The quantitative estimate of drug-likeness (QED) is 0.796. The number of anilines is 2. The van der Waals surface area contributed by atoms with Gasteiger partial charge in [-0.05, 0) is 36.6 Å². The molecule has 1 aliphatic heterocycles.